The normalized spacial score (nSPS) is 10.4. The third-order valence-corrected chi connectivity index (χ3v) is 2.83. The van der Waals surface area contributed by atoms with Gasteiger partial charge in [0.05, 0.1) is 18.4 Å². The number of rotatable bonds is 3. The van der Waals surface area contributed by atoms with E-state index in [1.807, 2.05) is 42.5 Å². The van der Waals surface area contributed by atoms with Crippen LogP contribution in [-0.4, -0.2) is 52.5 Å². The van der Waals surface area contributed by atoms with Crippen molar-refractivity contribution in [1.29, 1.82) is 0 Å². The van der Waals surface area contributed by atoms with E-state index in [2.05, 4.69) is 9.97 Å². The number of aryl methyl sites for hydroxylation is 2. The van der Waals surface area contributed by atoms with E-state index in [1.165, 1.54) is 0 Å². The van der Waals surface area contributed by atoms with Crippen LogP contribution in [0.5, 0.6) is 0 Å². The van der Waals surface area contributed by atoms with Gasteiger partial charge in [-0.3, -0.25) is 4.55 Å². The molecule has 0 fully saturated rings. The first-order valence-electron chi connectivity index (χ1n) is 6.92. The quantitative estimate of drug-likeness (QED) is 0.425. The number of unbranched alkanes of at least 4 members (excludes halogenated alkanes) is 1. The molecule has 0 spiro atoms. The maximum absolute atomic E-state index is 9.95. The van der Waals surface area contributed by atoms with Gasteiger partial charge in [-0.1, -0.05) is 13.3 Å². The summed E-state index contributed by atoms with van der Waals surface area (Å²) in [6, 6.07) is 0. The molecule has 2 heterocycles. The van der Waals surface area contributed by atoms with Crippen LogP contribution in [0.15, 0.2) is 37.4 Å². The average Bonchev–Trinajstić information content (AvgIpc) is 3.08. The maximum Gasteiger partial charge on any atom is 0.466 e. The van der Waals surface area contributed by atoms with Crippen LogP contribution in [0.25, 0.3) is 0 Å². The molecule has 0 unspecified atom stereocenters. The molecule has 13 heteroatoms. The summed E-state index contributed by atoms with van der Waals surface area (Å²) in [5, 5.41) is 0. The zero-order valence-corrected chi connectivity index (χ0v) is 16.0. The van der Waals surface area contributed by atoms with E-state index >= 15 is 0 Å². The SMILES string of the molecule is CCCCS(=O)(=O)O.Cn1ccnc1.Cn1ccnc1.O=P(O)(O)O. The molecule has 0 radical (unpaired) electrons. The van der Waals surface area contributed by atoms with Crippen LogP contribution in [0.3, 0.4) is 0 Å². The minimum absolute atomic E-state index is 0.108. The van der Waals surface area contributed by atoms with Crippen LogP contribution < -0.4 is 0 Å². The van der Waals surface area contributed by atoms with E-state index in [9.17, 15) is 8.42 Å². The van der Waals surface area contributed by atoms with Crippen molar-refractivity contribution in [2.75, 3.05) is 5.75 Å². The summed E-state index contributed by atoms with van der Waals surface area (Å²) in [4.78, 5) is 29.1. The zero-order valence-electron chi connectivity index (χ0n) is 14.2. The van der Waals surface area contributed by atoms with Gasteiger partial charge in [-0.25, -0.2) is 14.5 Å². The molecule has 0 bridgehead atoms. The van der Waals surface area contributed by atoms with Crippen molar-refractivity contribution in [1.82, 2.24) is 19.1 Å². The van der Waals surface area contributed by atoms with Crippen molar-refractivity contribution in [2.45, 2.75) is 19.8 Å². The molecule has 25 heavy (non-hydrogen) atoms. The zero-order chi connectivity index (χ0) is 19.9. The topological polar surface area (TPSA) is 168 Å². The first-order chi connectivity index (χ1) is 11.3. The molecule has 0 saturated heterocycles. The fourth-order valence-corrected chi connectivity index (χ4v) is 1.63. The van der Waals surface area contributed by atoms with Gasteiger partial charge in [0, 0.05) is 38.9 Å². The average molecular weight is 400 g/mol. The van der Waals surface area contributed by atoms with Crippen molar-refractivity contribution in [3.8, 4) is 0 Å². The van der Waals surface area contributed by atoms with E-state index in [4.69, 9.17) is 23.8 Å². The number of aromatic nitrogens is 4. The Morgan fingerprint density at radius 3 is 1.44 bits per heavy atom. The lowest BCUT2D eigenvalue weighted by atomic mass is 10.4. The second kappa shape index (κ2) is 13.7. The predicted octanol–water partition coefficient (Wildman–Crippen LogP) is 0.586. The van der Waals surface area contributed by atoms with Gasteiger partial charge in [0.2, 0.25) is 0 Å². The highest BCUT2D eigenvalue weighted by Crippen LogP contribution is 2.25. The molecule has 0 aliphatic carbocycles. The summed E-state index contributed by atoms with van der Waals surface area (Å²) in [5.41, 5.74) is 0. The van der Waals surface area contributed by atoms with Gasteiger partial charge in [0.15, 0.2) is 0 Å². The van der Waals surface area contributed by atoms with Gasteiger partial charge in [0.25, 0.3) is 10.1 Å². The Kier molecular flexibility index (Phi) is 14.1. The van der Waals surface area contributed by atoms with E-state index in [-0.39, 0.29) is 5.75 Å². The fraction of sp³-hybridized carbons (Fsp3) is 0.500. The lowest BCUT2D eigenvalue weighted by molar-refractivity contribution is 0.275. The Labute approximate surface area is 147 Å². The van der Waals surface area contributed by atoms with Crippen LogP contribution in [-0.2, 0) is 28.8 Å². The minimum atomic E-state index is -4.64. The van der Waals surface area contributed by atoms with E-state index in [0.717, 1.165) is 6.42 Å². The molecule has 0 aliphatic heterocycles. The summed E-state index contributed by atoms with van der Waals surface area (Å²) in [6.07, 6.45) is 12.1. The number of nitrogens with zero attached hydrogens (tertiary/aromatic N) is 4. The van der Waals surface area contributed by atoms with Gasteiger partial charge in [-0.05, 0) is 6.42 Å². The van der Waals surface area contributed by atoms with E-state index in [0.29, 0.717) is 6.42 Å². The summed E-state index contributed by atoms with van der Waals surface area (Å²) in [5.74, 6) is -0.108. The number of phosphoric acid groups is 1. The number of hydrogen-bond donors (Lipinski definition) is 4. The Hall–Kier alpha value is -1.56. The molecule has 0 amide bonds. The summed E-state index contributed by atoms with van der Waals surface area (Å²) in [7, 11) is -4.45. The smallest absolute Gasteiger partial charge is 0.341 e. The molecule has 2 aromatic rings. The van der Waals surface area contributed by atoms with E-state index in [1.54, 1.807) is 25.0 Å². The monoisotopic (exact) mass is 400 g/mol. The lowest BCUT2D eigenvalue weighted by Gasteiger charge is -1.90. The Morgan fingerprint density at radius 2 is 1.36 bits per heavy atom. The second-order valence-corrected chi connectivity index (χ2v) is 7.21. The van der Waals surface area contributed by atoms with Crippen molar-refractivity contribution in [3.63, 3.8) is 0 Å². The highest BCUT2D eigenvalue weighted by molar-refractivity contribution is 7.85. The first-order valence-corrected chi connectivity index (χ1v) is 10.1. The van der Waals surface area contributed by atoms with Crippen LogP contribution in [0.1, 0.15) is 19.8 Å². The van der Waals surface area contributed by atoms with Crippen molar-refractivity contribution >= 4 is 17.9 Å². The van der Waals surface area contributed by atoms with Crippen LogP contribution in [0.2, 0.25) is 0 Å². The third-order valence-electron chi connectivity index (χ3n) is 2.03. The molecular weight excluding hydrogens is 375 g/mol. The van der Waals surface area contributed by atoms with Crippen LogP contribution in [0.4, 0.5) is 0 Å². The molecule has 4 N–H and O–H groups in total. The highest BCUT2D eigenvalue weighted by atomic mass is 32.2. The molecule has 2 aromatic heterocycles. The fourth-order valence-electron chi connectivity index (χ4n) is 0.978. The molecular formula is C12H25N4O7PS. The van der Waals surface area contributed by atoms with E-state index < -0.39 is 17.9 Å². The summed E-state index contributed by atoms with van der Waals surface area (Å²) >= 11 is 0. The first kappa shape index (κ1) is 25.7. The van der Waals surface area contributed by atoms with Crippen molar-refractivity contribution in [3.05, 3.63) is 37.4 Å². The minimum Gasteiger partial charge on any atom is -0.341 e. The van der Waals surface area contributed by atoms with Crippen LogP contribution in [0, 0.1) is 0 Å². The Morgan fingerprint density at radius 1 is 1.00 bits per heavy atom. The Balaban J connectivity index is 0. The van der Waals surface area contributed by atoms with Crippen molar-refractivity contribution < 1.29 is 32.2 Å². The molecule has 11 nitrogen and oxygen atoms in total. The third kappa shape index (κ3) is 30.8. The lowest BCUT2D eigenvalue weighted by Crippen LogP contribution is -2.02. The predicted molar refractivity (Wildman–Crippen MR) is 92.0 cm³/mol. The Bertz CT molecular complexity index is 628. The maximum atomic E-state index is 9.95. The summed E-state index contributed by atoms with van der Waals surface area (Å²) < 4.78 is 40.7. The summed E-state index contributed by atoms with van der Waals surface area (Å²) in [6.45, 7) is 1.87. The van der Waals surface area contributed by atoms with Gasteiger partial charge in [-0.2, -0.15) is 8.42 Å². The van der Waals surface area contributed by atoms with Crippen molar-refractivity contribution in [2.24, 2.45) is 14.1 Å². The largest absolute Gasteiger partial charge is 0.466 e. The van der Waals surface area contributed by atoms with Gasteiger partial charge in [0.1, 0.15) is 0 Å². The number of imidazole rings is 2. The van der Waals surface area contributed by atoms with Gasteiger partial charge in [-0.15, -0.1) is 0 Å². The molecule has 0 aliphatic rings. The molecule has 0 saturated carbocycles. The number of hydrogen-bond acceptors (Lipinski definition) is 5. The second-order valence-electron chi connectivity index (χ2n) is 4.61. The standard InChI is InChI=1S/2C4H6N2.C4H10O3S.H3O4P/c2*1-6-3-2-5-4-6;1-2-3-4-8(5,6)7;1-5(2,3)4/h2*2-4H,1H3;2-4H2,1H3,(H,5,6,7);(H3,1,2,3,4). The molecule has 2 rings (SSSR count). The highest BCUT2D eigenvalue weighted by Gasteiger charge is 2.00. The van der Waals surface area contributed by atoms with Crippen LogP contribution >= 0.6 is 7.82 Å². The van der Waals surface area contributed by atoms with Gasteiger partial charge >= 0.3 is 7.82 Å². The molecule has 0 aromatic carbocycles. The molecule has 146 valence electrons. The molecule has 0 atom stereocenters. The van der Waals surface area contributed by atoms with Gasteiger partial charge < -0.3 is 23.8 Å².